The van der Waals surface area contributed by atoms with E-state index in [2.05, 4.69) is 42.8 Å². The monoisotopic (exact) mass is 280 g/mol. The molecule has 0 amide bonds. The summed E-state index contributed by atoms with van der Waals surface area (Å²) >= 11 is 3.42. The molecule has 3 heterocycles. The fourth-order valence-electron chi connectivity index (χ4n) is 2.31. The van der Waals surface area contributed by atoms with Crippen LogP contribution in [0.4, 0.5) is 0 Å². The molecule has 1 saturated heterocycles. The number of pyridine rings is 1. The number of nitrogens with zero attached hydrogens (tertiary/aromatic N) is 3. The maximum atomic E-state index is 4.56. The molecule has 0 aromatic carbocycles. The third-order valence-electron chi connectivity index (χ3n) is 3.16. The molecule has 3 rings (SSSR count). The van der Waals surface area contributed by atoms with Crippen LogP contribution in [-0.4, -0.2) is 33.4 Å². The quantitative estimate of drug-likeness (QED) is 0.873. The third-order valence-corrected chi connectivity index (χ3v) is 3.59. The summed E-state index contributed by atoms with van der Waals surface area (Å²) in [6, 6.07) is 2.45. The molecular weight excluding hydrogens is 268 g/mol. The van der Waals surface area contributed by atoms with Gasteiger partial charge in [0.05, 0.1) is 11.6 Å². The summed E-state index contributed by atoms with van der Waals surface area (Å²) in [6.45, 7) is 1.15. The van der Waals surface area contributed by atoms with Crippen LogP contribution in [0.3, 0.4) is 0 Å². The van der Waals surface area contributed by atoms with Crippen LogP contribution in [0.25, 0.3) is 11.2 Å². The topological polar surface area (TPSA) is 44.8 Å². The highest BCUT2D eigenvalue weighted by atomic mass is 79.9. The average Bonchev–Trinajstić information content (AvgIpc) is 2.82. The lowest BCUT2D eigenvalue weighted by Crippen LogP contribution is -2.18. The minimum atomic E-state index is 0.424. The highest BCUT2D eigenvalue weighted by Gasteiger charge is 2.25. The number of hydrogen-bond acceptors (Lipinski definition) is 3. The number of hydrogen-bond donors (Lipinski definition) is 1. The average molecular weight is 281 g/mol. The van der Waals surface area contributed by atoms with E-state index < -0.39 is 0 Å². The van der Waals surface area contributed by atoms with Gasteiger partial charge in [-0.05, 0) is 48.4 Å². The Kier molecular flexibility index (Phi) is 2.44. The van der Waals surface area contributed by atoms with Crippen LogP contribution in [0.2, 0.25) is 0 Å². The molecule has 2 aromatic rings. The van der Waals surface area contributed by atoms with Crippen LogP contribution in [0.15, 0.2) is 16.7 Å². The van der Waals surface area contributed by atoms with Crippen molar-refractivity contribution < 1.29 is 0 Å². The fourth-order valence-corrected chi connectivity index (χ4v) is 2.64. The molecule has 0 saturated carbocycles. The van der Waals surface area contributed by atoms with Gasteiger partial charge in [-0.25, -0.2) is 9.97 Å². The highest BCUT2D eigenvalue weighted by Crippen LogP contribution is 2.29. The van der Waals surface area contributed by atoms with Crippen molar-refractivity contribution in [2.24, 2.45) is 0 Å². The van der Waals surface area contributed by atoms with Crippen molar-refractivity contribution in [1.29, 1.82) is 0 Å². The third kappa shape index (κ3) is 1.64. The van der Waals surface area contributed by atoms with E-state index in [1.165, 1.54) is 12.8 Å². The minimum absolute atomic E-state index is 0.424. The number of fused-ring (bicyclic) bond motifs is 1. The molecule has 1 aliphatic heterocycles. The zero-order valence-corrected chi connectivity index (χ0v) is 10.7. The van der Waals surface area contributed by atoms with Crippen LogP contribution in [0, 0.1) is 0 Å². The number of nitrogens with one attached hydrogen (secondary N) is 1. The van der Waals surface area contributed by atoms with Crippen LogP contribution in [-0.2, 0) is 0 Å². The van der Waals surface area contributed by atoms with Gasteiger partial charge in [0.2, 0.25) is 0 Å². The molecule has 1 N–H and O–H groups in total. The Labute approximate surface area is 102 Å². The Balaban J connectivity index is 2.04. The highest BCUT2D eigenvalue weighted by molar-refractivity contribution is 9.10. The van der Waals surface area contributed by atoms with E-state index in [-0.39, 0.29) is 0 Å². The Morgan fingerprint density at radius 3 is 3.19 bits per heavy atom. The lowest BCUT2D eigenvalue weighted by Gasteiger charge is -2.16. The van der Waals surface area contributed by atoms with Crippen molar-refractivity contribution in [2.75, 3.05) is 13.6 Å². The predicted molar refractivity (Wildman–Crippen MR) is 66.2 cm³/mol. The Bertz CT molecular complexity index is 522. The number of H-pyrrole nitrogens is 1. The molecule has 1 fully saturated rings. The van der Waals surface area contributed by atoms with Crippen molar-refractivity contribution in [2.45, 2.75) is 18.9 Å². The Hall–Kier alpha value is -0.940. The maximum absolute atomic E-state index is 4.56. The van der Waals surface area contributed by atoms with Crippen molar-refractivity contribution in [1.82, 2.24) is 19.9 Å². The molecular formula is C11H13BrN4. The molecule has 16 heavy (non-hydrogen) atoms. The van der Waals surface area contributed by atoms with Crippen LogP contribution in [0.5, 0.6) is 0 Å². The first-order valence-electron chi connectivity index (χ1n) is 5.45. The number of aromatic nitrogens is 3. The van der Waals surface area contributed by atoms with E-state index in [0.29, 0.717) is 6.04 Å². The number of rotatable bonds is 1. The molecule has 84 valence electrons. The van der Waals surface area contributed by atoms with Gasteiger partial charge in [-0.1, -0.05) is 0 Å². The smallest absolute Gasteiger partial charge is 0.177 e. The van der Waals surface area contributed by atoms with Gasteiger partial charge in [0, 0.05) is 10.7 Å². The van der Waals surface area contributed by atoms with Gasteiger partial charge in [-0.3, -0.25) is 4.90 Å². The van der Waals surface area contributed by atoms with Crippen molar-refractivity contribution in [3.05, 3.63) is 22.6 Å². The number of imidazole rings is 1. The van der Waals surface area contributed by atoms with E-state index in [0.717, 1.165) is 28.0 Å². The molecule has 0 radical (unpaired) electrons. The fraction of sp³-hybridized carbons (Fsp3) is 0.455. The van der Waals surface area contributed by atoms with E-state index in [4.69, 9.17) is 0 Å². The maximum Gasteiger partial charge on any atom is 0.177 e. The number of likely N-dealkylation sites (tertiary alicyclic amines) is 1. The molecule has 1 aliphatic rings. The summed E-state index contributed by atoms with van der Waals surface area (Å²) in [6.07, 6.45) is 4.21. The van der Waals surface area contributed by atoms with Gasteiger partial charge in [-0.2, -0.15) is 0 Å². The standard InChI is InChI=1S/C11H13BrN4/c1-16-4-2-3-9(16)11-14-8-5-7(12)6-13-10(8)15-11/h5-6,9H,2-4H2,1H3,(H,13,14,15)/t9-/m0/s1. The normalized spacial score (nSPS) is 22.0. The zero-order valence-electron chi connectivity index (χ0n) is 9.07. The SMILES string of the molecule is CN1CCC[C@H]1c1nc2ncc(Br)cc2[nH]1. The zero-order chi connectivity index (χ0) is 11.1. The van der Waals surface area contributed by atoms with Crippen molar-refractivity contribution in [3.8, 4) is 0 Å². The molecule has 2 aromatic heterocycles. The molecule has 0 aliphatic carbocycles. The molecule has 5 heteroatoms. The van der Waals surface area contributed by atoms with Gasteiger partial charge >= 0.3 is 0 Å². The van der Waals surface area contributed by atoms with Crippen LogP contribution >= 0.6 is 15.9 Å². The summed E-state index contributed by atoms with van der Waals surface area (Å²) < 4.78 is 0.981. The molecule has 0 spiro atoms. The van der Waals surface area contributed by atoms with Crippen LogP contribution in [0.1, 0.15) is 24.7 Å². The Morgan fingerprint density at radius 1 is 1.56 bits per heavy atom. The van der Waals surface area contributed by atoms with Crippen molar-refractivity contribution >= 4 is 27.1 Å². The predicted octanol–water partition coefficient (Wildman–Crippen LogP) is 2.49. The number of aromatic amines is 1. The van der Waals surface area contributed by atoms with Gasteiger partial charge in [-0.15, -0.1) is 0 Å². The summed E-state index contributed by atoms with van der Waals surface area (Å²) in [4.78, 5) is 14.6. The van der Waals surface area contributed by atoms with E-state index in [1.807, 2.05) is 6.07 Å². The molecule has 4 nitrogen and oxygen atoms in total. The van der Waals surface area contributed by atoms with E-state index >= 15 is 0 Å². The summed E-state index contributed by atoms with van der Waals surface area (Å²) in [5.74, 6) is 1.04. The summed E-state index contributed by atoms with van der Waals surface area (Å²) in [5.41, 5.74) is 1.81. The van der Waals surface area contributed by atoms with Crippen molar-refractivity contribution in [3.63, 3.8) is 0 Å². The first kappa shape index (κ1) is 10.2. The van der Waals surface area contributed by atoms with Gasteiger partial charge in [0.25, 0.3) is 0 Å². The second-order valence-corrected chi connectivity index (χ2v) is 5.20. The molecule has 1 atom stereocenters. The summed E-state index contributed by atoms with van der Waals surface area (Å²) in [5, 5.41) is 0. The summed E-state index contributed by atoms with van der Waals surface area (Å²) in [7, 11) is 2.15. The first-order chi connectivity index (χ1) is 7.74. The van der Waals surface area contributed by atoms with E-state index in [9.17, 15) is 0 Å². The second kappa shape index (κ2) is 3.82. The van der Waals surface area contributed by atoms with Gasteiger partial charge in [0.15, 0.2) is 5.65 Å². The first-order valence-corrected chi connectivity index (χ1v) is 6.25. The van der Waals surface area contributed by atoms with Gasteiger partial charge < -0.3 is 4.98 Å². The Morgan fingerprint density at radius 2 is 2.44 bits per heavy atom. The van der Waals surface area contributed by atoms with Crippen LogP contribution < -0.4 is 0 Å². The minimum Gasteiger partial charge on any atom is -0.339 e. The second-order valence-electron chi connectivity index (χ2n) is 4.29. The largest absolute Gasteiger partial charge is 0.339 e. The van der Waals surface area contributed by atoms with E-state index in [1.54, 1.807) is 6.20 Å². The lowest BCUT2D eigenvalue weighted by molar-refractivity contribution is 0.307. The number of halogens is 1. The molecule has 0 bridgehead atoms. The van der Waals surface area contributed by atoms with Gasteiger partial charge in [0.1, 0.15) is 5.82 Å². The lowest BCUT2D eigenvalue weighted by atomic mass is 10.2. The molecule has 0 unspecified atom stereocenters.